The van der Waals surface area contributed by atoms with Crippen LogP contribution < -0.4 is 10.6 Å². The number of carbonyl (C=O) groups excluding carboxylic acids is 2. The van der Waals surface area contributed by atoms with Crippen molar-refractivity contribution in [2.24, 2.45) is 5.41 Å². The van der Waals surface area contributed by atoms with E-state index < -0.39 is 5.41 Å². The number of fused-ring (bicyclic) bond motifs is 1. The largest absolute Gasteiger partial charge is 0.326 e. The van der Waals surface area contributed by atoms with E-state index in [1.54, 1.807) is 24.3 Å². The van der Waals surface area contributed by atoms with E-state index >= 15 is 0 Å². The van der Waals surface area contributed by atoms with Crippen molar-refractivity contribution >= 4 is 23.3 Å². The first-order chi connectivity index (χ1) is 14.3. The second-order valence-electron chi connectivity index (χ2n) is 8.61. The molecule has 0 unspecified atom stereocenters. The van der Waals surface area contributed by atoms with E-state index in [1.165, 1.54) is 0 Å². The maximum atomic E-state index is 13.1. The molecule has 0 saturated heterocycles. The third-order valence-electron chi connectivity index (χ3n) is 5.20. The Kier molecular flexibility index (Phi) is 5.16. The van der Waals surface area contributed by atoms with Crippen molar-refractivity contribution in [1.82, 2.24) is 9.78 Å². The van der Waals surface area contributed by atoms with E-state index in [0.717, 1.165) is 42.0 Å². The second-order valence-corrected chi connectivity index (χ2v) is 8.61. The predicted octanol–water partition coefficient (Wildman–Crippen LogP) is 4.60. The molecular weight excluding hydrogens is 376 g/mol. The molecule has 4 rings (SSSR count). The fourth-order valence-corrected chi connectivity index (χ4v) is 3.51. The van der Waals surface area contributed by atoms with Gasteiger partial charge in [-0.25, -0.2) is 4.68 Å². The first kappa shape index (κ1) is 19.9. The number of nitrogens with one attached hydrogen (secondary N) is 2. The summed E-state index contributed by atoms with van der Waals surface area (Å²) in [6, 6.07) is 16.8. The molecule has 6 heteroatoms. The number of rotatable bonds is 4. The van der Waals surface area contributed by atoms with Gasteiger partial charge >= 0.3 is 0 Å². The zero-order chi connectivity index (χ0) is 21.3. The van der Waals surface area contributed by atoms with Gasteiger partial charge in [0.15, 0.2) is 0 Å². The van der Waals surface area contributed by atoms with Crippen LogP contribution in [-0.2, 0) is 17.6 Å². The quantitative estimate of drug-likeness (QED) is 0.670. The van der Waals surface area contributed by atoms with Crippen LogP contribution >= 0.6 is 0 Å². The summed E-state index contributed by atoms with van der Waals surface area (Å²) in [5, 5.41) is 10.7. The number of anilines is 2. The lowest BCUT2D eigenvalue weighted by Crippen LogP contribution is -2.27. The number of nitrogens with zero attached hydrogens (tertiary/aromatic N) is 2. The second kappa shape index (κ2) is 7.78. The molecule has 154 valence electrons. The number of aryl methyl sites for hydroxylation is 1. The number of hydrogen-bond acceptors (Lipinski definition) is 3. The van der Waals surface area contributed by atoms with Gasteiger partial charge in [-0.2, -0.15) is 5.10 Å². The van der Waals surface area contributed by atoms with Crippen molar-refractivity contribution < 1.29 is 9.59 Å². The van der Waals surface area contributed by atoms with E-state index in [1.807, 2.05) is 55.8 Å². The molecule has 1 heterocycles. The highest BCUT2D eigenvalue weighted by atomic mass is 16.2. The highest BCUT2D eigenvalue weighted by molar-refractivity contribution is 6.05. The molecule has 0 bridgehead atoms. The number of benzene rings is 2. The van der Waals surface area contributed by atoms with Crippen LogP contribution in [0.4, 0.5) is 11.5 Å². The van der Waals surface area contributed by atoms with E-state index in [-0.39, 0.29) is 11.8 Å². The molecule has 6 nitrogen and oxygen atoms in total. The minimum absolute atomic E-state index is 0.0972. The lowest BCUT2D eigenvalue weighted by Gasteiger charge is -2.18. The average Bonchev–Trinajstić information content (AvgIpc) is 3.31. The number of carbonyl (C=O) groups is 2. The Balaban J connectivity index is 1.61. The van der Waals surface area contributed by atoms with Crippen LogP contribution in [0.1, 0.15) is 48.8 Å². The summed E-state index contributed by atoms with van der Waals surface area (Å²) < 4.78 is 1.81. The number of aromatic nitrogens is 2. The van der Waals surface area contributed by atoms with Crippen molar-refractivity contribution in [3.05, 3.63) is 71.4 Å². The summed E-state index contributed by atoms with van der Waals surface area (Å²) in [6.07, 6.45) is 2.87. The van der Waals surface area contributed by atoms with Gasteiger partial charge < -0.3 is 10.6 Å². The lowest BCUT2D eigenvalue weighted by atomic mass is 9.95. The predicted molar refractivity (Wildman–Crippen MR) is 118 cm³/mol. The van der Waals surface area contributed by atoms with E-state index in [4.69, 9.17) is 5.10 Å². The standard InChI is InChI=1S/C24H26N4O2/c1-24(2,3)23(30)25-17-10-7-9-16(15-17)22(29)26-21-19-13-8-14-20(19)27-28(21)18-11-5-4-6-12-18/h4-7,9-12,15H,8,13-14H2,1-3H3,(H,25,30)(H,26,29). The first-order valence-electron chi connectivity index (χ1n) is 10.2. The SMILES string of the molecule is CC(C)(C)C(=O)Nc1cccc(C(=O)Nc2c3c(nn2-c2ccccc2)CCC3)c1. The molecule has 2 aromatic carbocycles. The summed E-state index contributed by atoms with van der Waals surface area (Å²) in [7, 11) is 0. The minimum Gasteiger partial charge on any atom is -0.326 e. The molecule has 1 aliphatic carbocycles. The van der Waals surface area contributed by atoms with Crippen LogP contribution in [0.25, 0.3) is 5.69 Å². The molecule has 0 radical (unpaired) electrons. The van der Waals surface area contributed by atoms with Crippen LogP contribution in [0.15, 0.2) is 54.6 Å². The maximum Gasteiger partial charge on any atom is 0.256 e. The fourth-order valence-electron chi connectivity index (χ4n) is 3.51. The van der Waals surface area contributed by atoms with Gasteiger partial charge in [0, 0.05) is 22.2 Å². The number of amides is 2. The molecule has 2 N–H and O–H groups in total. The summed E-state index contributed by atoms with van der Waals surface area (Å²) >= 11 is 0. The van der Waals surface area contributed by atoms with Crippen LogP contribution in [0.2, 0.25) is 0 Å². The van der Waals surface area contributed by atoms with Gasteiger partial charge in [0.05, 0.1) is 11.4 Å². The Bertz CT molecular complexity index is 1090. The third kappa shape index (κ3) is 3.99. The van der Waals surface area contributed by atoms with Crippen LogP contribution in [0.5, 0.6) is 0 Å². The fraction of sp³-hybridized carbons (Fsp3) is 0.292. The lowest BCUT2D eigenvalue weighted by molar-refractivity contribution is -0.123. The number of para-hydroxylation sites is 1. The zero-order valence-electron chi connectivity index (χ0n) is 17.5. The molecule has 0 spiro atoms. The summed E-state index contributed by atoms with van der Waals surface area (Å²) in [6.45, 7) is 5.55. The summed E-state index contributed by atoms with van der Waals surface area (Å²) in [5.41, 5.74) is 3.62. The van der Waals surface area contributed by atoms with Crippen molar-refractivity contribution in [3.63, 3.8) is 0 Å². The van der Waals surface area contributed by atoms with E-state index in [2.05, 4.69) is 10.6 Å². The van der Waals surface area contributed by atoms with Crippen molar-refractivity contribution in [2.45, 2.75) is 40.0 Å². The van der Waals surface area contributed by atoms with Gasteiger partial charge in [-0.15, -0.1) is 0 Å². The first-order valence-corrected chi connectivity index (χ1v) is 10.2. The molecule has 1 aliphatic rings. The summed E-state index contributed by atoms with van der Waals surface area (Å²) in [4.78, 5) is 25.3. The van der Waals surface area contributed by atoms with Crippen LogP contribution in [0, 0.1) is 5.41 Å². The molecule has 0 fully saturated rings. The van der Waals surface area contributed by atoms with Crippen molar-refractivity contribution in [1.29, 1.82) is 0 Å². The molecule has 0 saturated carbocycles. The molecule has 3 aromatic rings. The smallest absolute Gasteiger partial charge is 0.256 e. The topological polar surface area (TPSA) is 76.0 Å². The molecule has 0 aliphatic heterocycles. The normalized spacial score (nSPS) is 13.0. The zero-order valence-corrected chi connectivity index (χ0v) is 17.5. The van der Waals surface area contributed by atoms with Crippen LogP contribution in [0.3, 0.4) is 0 Å². The molecule has 2 amide bonds. The Hall–Kier alpha value is -3.41. The number of hydrogen-bond donors (Lipinski definition) is 2. The van der Waals surface area contributed by atoms with Gasteiger partial charge in [-0.05, 0) is 49.6 Å². The van der Waals surface area contributed by atoms with Gasteiger partial charge in [-0.1, -0.05) is 45.0 Å². The highest BCUT2D eigenvalue weighted by Crippen LogP contribution is 2.31. The Morgan fingerprint density at radius 2 is 1.73 bits per heavy atom. The van der Waals surface area contributed by atoms with Gasteiger partial charge in [0.1, 0.15) is 5.82 Å². The van der Waals surface area contributed by atoms with E-state index in [9.17, 15) is 9.59 Å². The van der Waals surface area contributed by atoms with Crippen LogP contribution in [-0.4, -0.2) is 21.6 Å². The molecule has 1 aromatic heterocycles. The highest BCUT2D eigenvalue weighted by Gasteiger charge is 2.25. The van der Waals surface area contributed by atoms with Crippen molar-refractivity contribution in [2.75, 3.05) is 10.6 Å². The Morgan fingerprint density at radius 3 is 2.47 bits per heavy atom. The monoisotopic (exact) mass is 402 g/mol. The van der Waals surface area contributed by atoms with Gasteiger partial charge in [0.25, 0.3) is 5.91 Å². The maximum absolute atomic E-state index is 13.1. The Morgan fingerprint density at radius 1 is 0.967 bits per heavy atom. The molecular formula is C24H26N4O2. The van der Waals surface area contributed by atoms with Gasteiger partial charge in [-0.3, -0.25) is 9.59 Å². The minimum atomic E-state index is -0.513. The van der Waals surface area contributed by atoms with E-state index in [0.29, 0.717) is 11.3 Å². The Labute approximate surface area is 176 Å². The van der Waals surface area contributed by atoms with Crippen molar-refractivity contribution in [3.8, 4) is 5.69 Å². The third-order valence-corrected chi connectivity index (χ3v) is 5.20. The van der Waals surface area contributed by atoms with Gasteiger partial charge in [0.2, 0.25) is 5.91 Å². The summed E-state index contributed by atoms with van der Waals surface area (Å²) in [5.74, 6) is 0.400. The molecule has 30 heavy (non-hydrogen) atoms. The average molecular weight is 402 g/mol. The molecule has 0 atom stereocenters.